The van der Waals surface area contributed by atoms with Crippen LogP contribution in [-0.4, -0.2) is 67.6 Å². The van der Waals surface area contributed by atoms with E-state index in [0.717, 1.165) is 0 Å². The Bertz CT molecular complexity index is 1110. The number of morpholine rings is 1. The molecule has 0 saturated carbocycles. The molecule has 0 aliphatic carbocycles. The van der Waals surface area contributed by atoms with Crippen LogP contribution in [0, 0.1) is 5.82 Å². The van der Waals surface area contributed by atoms with Gasteiger partial charge in [0.25, 0.3) is 11.8 Å². The zero-order valence-electron chi connectivity index (χ0n) is 18.4. The second-order valence-corrected chi connectivity index (χ2v) is 7.80. The summed E-state index contributed by atoms with van der Waals surface area (Å²) >= 11 is 0. The van der Waals surface area contributed by atoms with Gasteiger partial charge in [0.05, 0.1) is 36.5 Å². The molecule has 11 heteroatoms. The highest BCUT2D eigenvalue weighted by Gasteiger charge is 2.36. The number of anilines is 2. The summed E-state index contributed by atoms with van der Waals surface area (Å²) in [5.41, 5.74) is 1.25. The molecule has 1 fully saturated rings. The van der Waals surface area contributed by atoms with E-state index in [1.807, 2.05) is 0 Å². The summed E-state index contributed by atoms with van der Waals surface area (Å²) in [5, 5.41) is 6.17. The number of nitrogens with one attached hydrogen (secondary N) is 2. The molecule has 10 nitrogen and oxygen atoms in total. The molecule has 1 atom stereocenters. The van der Waals surface area contributed by atoms with Crippen molar-refractivity contribution in [1.82, 2.24) is 10.4 Å². The number of hydrogen-bond acceptors (Lipinski definition) is 8. The number of hydrogen-bond donors (Lipinski definition) is 2. The number of hydroxylamine groups is 2. The van der Waals surface area contributed by atoms with Gasteiger partial charge in [-0.2, -0.15) is 0 Å². The summed E-state index contributed by atoms with van der Waals surface area (Å²) in [7, 11) is 0. The molecule has 178 valence electrons. The topological polar surface area (TPSA) is 117 Å². The first-order chi connectivity index (χ1) is 16.3. The quantitative estimate of drug-likeness (QED) is 0.337. The lowest BCUT2D eigenvalue weighted by atomic mass is 10.1. The largest absolute Gasteiger partial charge is 0.457 e. The molecule has 1 saturated heterocycles. The lowest BCUT2D eigenvalue weighted by molar-refractivity contribution is -0.150. The first-order valence-corrected chi connectivity index (χ1v) is 10.7. The minimum Gasteiger partial charge on any atom is -0.457 e. The van der Waals surface area contributed by atoms with Crippen LogP contribution in [0.15, 0.2) is 42.5 Å². The average Bonchev–Trinajstić information content (AvgIpc) is 3.06. The molecule has 2 N–H and O–H groups in total. The van der Waals surface area contributed by atoms with Gasteiger partial charge in [-0.3, -0.25) is 24.0 Å². The van der Waals surface area contributed by atoms with Gasteiger partial charge < -0.3 is 20.3 Å². The van der Waals surface area contributed by atoms with Crippen molar-refractivity contribution in [3.05, 3.63) is 59.4 Å². The van der Waals surface area contributed by atoms with E-state index in [0.29, 0.717) is 17.3 Å². The molecule has 2 aliphatic heterocycles. The van der Waals surface area contributed by atoms with Crippen molar-refractivity contribution in [3.63, 3.8) is 0 Å². The second kappa shape index (κ2) is 9.87. The van der Waals surface area contributed by atoms with Crippen LogP contribution in [0.1, 0.15) is 27.6 Å². The number of ether oxygens (including phenoxy) is 1. The standard InChI is InChI=1S/C23H23FN4O6/c1-14(29)26-11-16-12-27(13-21(30)34-16)15-6-7-20(19(24)10-15)25-8-9-33-28-22(31)17-4-2-3-5-18(17)23(28)32/h2-7,10,16,25H,8-9,11-13H2,1H3,(H,26,29). The molecule has 2 aromatic rings. The molecule has 0 bridgehead atoms. The van der Waals surface area contributed by atoms with Crippen molar-refractivity contribution in [2.24, 2.45) is 0 Å². The predicted octanol–water partition coefficient (Wildman–Crippen LogP) is 1.33. The van der Waals surface area contributed by atoms with Gasteiger partial charge in [0.2, 0.25) is 5.91 Å². The Hall–Kier alpha value is -3.99. The number of carbonyl (C=O) groups excluding carboxylic acids is 4. The molecule has 1 unspecified atom stereocenters. The molecular weight excluding hydrogens is 447 g/mol. The van der Waals surface area contributed by atoms with E-state index >= 15 is 0 Å². The van der Waals surface area contributed by atoms with Crippen molar-refractivity contribution in [2.45, 2.75) is 13.0 Å². The van der Waals surface area contributed by atoms with Crippen LogP contribution in [0.4, 0.5) is 15.8 Å². The minimum absolute atomic E-state index is 0.0308. The zero-order valence-corrected chi connectivity index (χ0v) is 18.4. The van der Waals surface area contributed by atoms with E-state index in [4.69, 9.17) is 9.57 Å². The predicted molar refractivity (Wildman–Crippen MR) is 119 cm³/mol. The Morgan fingerprint density at radius 1 is 1.15 bits per heavy atom. The monoisotopic (exact) mass is 470 g/mol. The number of amides is 3. The number of fused-ring (bicyclic) bond motifs is 1. The van der Waals surface area contributed by atoms with Crippen LogP contribution < -0.4 is 15.5 Å². The molecular formula is C23H23FN4O6. The Kier molecular flexibility index (Phi) is 6.73. The smallest absolute Gasteiger partial charge is 0.325 e. The Balaban J connectivity index is 1.30. The third kappa shape index (κ3) is 4.99. The number of imide groups is 1. The number of esters is 1. The molecule has 0 radical (unpaired) electrons. The molecule has 2 heterocycles. The van der Waals surface area contributed by atoms with E-state index in [2.05, 4.69) is 10.6 Å². The van der Waals surface area contributed by atoms with E-state index in [1.165, 1.54) is 19.1 Å². The van der Waals surface area contributed by atoms with Crippen LogP contribution in [0.3, 0.4) is 0 Å². The fourth-order valence-electron chi connectivity index (χ4n) is 3.74. The normalized spacial score (nSPS) is 17.5. The Morgan fingerprint density at radius 2 is 1.85 bits per heavy atom. The summed E-state index contributed by atoms with van der Waals surface area (Å²) in [6.45, 7) is 1.92. The molecule has 2 aromatic carbocycles. The van der Waals surface area contributed by atoms with Gasteiger partial charge in [-0.15, -0.1) is 5.06 Å². The van der Waals surface area contributed by atoms with Crippen LogP contribution >= 0.6 is 0 Å². The van der Waals surface area contributed by atoms with Crippen molar-refractivity contribution in [2.75, 3.05) is 43.0 Å². The SMILES string of the molecule is CC(=O)NCC1CN(c2ccc(NCCON3C(=O)c4ccccc4C3=O)c(F)c2)CC(=O)O1. The second-order valence-electron chi connectivity index (χ2n) is 7.80. The van der Waals surface area contributed by atoms with E-state index in [9.17, 15) is 23.6 Å². The molecule has 2 aliphatic rings. The van der Waals surface area contributed by atoms with Crippen molar-refractivity contribution < 1.29 is 33.1 Å². The summed E-state index contributed by atoms with van der Waals surface area (Å²) in [6.07, 6.45) is -0.537. The first-order valence-electron chi connectivity index (χ1n) is 10.7. The van der Waals surface area contributed by atoms with Crippen molar-refractivity contribution >= 4 is 35.1 Å². The number of benzene rings is 2. The van der Waals surface area contributed by atoms with Crippen molar-refractivity contribution in [1.29, 1.82) is 0 Å². The van der Waals surface area contributed by atoms with Gasteiger partial charge in [0.15, 0.2) is 0 Å². The average molecular weight is 470 g/mol. The number of carbonyl (C=O) groups is 4. The maximum absolute atomic E-state index is 14.7. The number of halogens is 1. The fraction of sp³-hybridized carbons (Fsp3) is 0.304. The maximum atomic E-state index is 14.7. The summed E-state index contributed by atoms with van der Waals surface area (Å²) in [6, 6.07) is 10.9. The Morgan fingerprint density at radius 3 is 2.50 bits per heavy atom. The maximum Gasteiger partial charge on any atom is 0.325 e. The first kappa shape index (κ1) is 23.2. The molecule has 3 amide bonds. The lowest BCUT2D eigenvalue weighted by Gasteiger charge is -2.33. The summed E-state index contributed by atoms with van der Waals surface area (Å²) in [4.78, 5) is 54.5. The van der Waals surface area contributed by atoms with Crippen LogP contribution in [-0.2, 0) is 19.2 Å². The summed E-state index contributed by atoms with van der Waals surface area (Å²) < 4.78 is 19.9. The van der Waals surface area contributed by atoms with Gasteiger partial charge in [-0.05, 0) is 30.3 Å². The van der Waals surface area contributed by atoms with E-state index < -0.39 is 29.7 Å². The molecule has 0 aromatic heterocycles. The minimum atomic E-state index is -0.546. The lowest BCUT2D eigenvalue weighted by Crippen LogP contribution is -2.49. The highest BCUT2D eigenvalue weighted by Crippen LogP contribution is 2.25. The van der Waals surface area contributed by atoms with Gasteiger partial charge in [-0.25, -0.2) is 4.39 Å². The third-order valence-electron chi connectivity index (χ3n) is 5.33. The van der Waals surface area contributed by atoms with Crippen LogP contribution in [0.2, 0.25) is 0 Å². The van der Waals surface area contributed by atoms with Gasteiger partial charge >= 0.3 is 5.97 Å². The molecule has 0 spiro atoms. The highest BCUT2D eigenvalue weighted by molar-refractivity contribution is 6.20. The van der Waals surface area contributed by atoms with Crippen LogP contribution in [0.25, 0.3) is 0 Å². The molecule has 4 rings (SSSR count). The third-order valence-corrected chi connectivity index (χ3v) is 5.33. The number of rotatable bonds is 8. The Labute approximate surface area is 194 Å². The van der Waals surface area contributed by atoms with Gasteiger partial charge in [0, 0.05) is 19.2 Å². The van der Waals surface area contributed by atoms with E-state index in [1.54, 1.807) is 35.2 Å². The molecule has 34 heavy (non-hydrogen) atoms. The number of cyclic esters (lactones) is 1. The zero-order chi connectivity index (χ0) is 24.2. The van der Waals surface area contributed by atoms with Gasteiger partial charge in [-0.1, -0.05) is 12.1 Å². The van der Waals surface area contributed by atoms with Crippen LogP contribution in [0.5, 0.6) is 0 Å². The van der Waals surface area contributed by atoms with E-state index in [-0.39, 0.29) is 49.0 Å². The highest BCUT2D eigenvalue weighted by atomic mass is 19.1. The fourth-order valence-corrected chi connectivity index (χ4v) is 3.74. The van der Waals surface area contributed by atoms with Gasteiger partial charge in [0.1, 0.15) is 18.5 Å². The summed E-state index contributed by atoms with van der Waals surface area (Å²) in [5.74, 6) is -2.31. The number of nitrogens with zero attached hydrogens (tertiary/aromatic N) is 2. The van der Waals surface area contributed by atoms with Crippen molar-refractivity contribution in [3.8, 4) is 0 Å².